The van der Waals surface area contributed by atoms with Crippen LogP contribution in [-0.2, 0) is 0 Å². The van der Waals surface area contributed by atoms with Gasteiger partial charge in [0, 0.05) is 0 Å². The topological polar surface area (TPSA) is 41.6 Å². The van der Waals surface area contributed by atoms with Gasteiger partial charge in [0.05, 0.1) is 11.9 Å². The molecular weight excluding hydrogens is 162 g/mol. The van der Waals surface area contributed by atoms with Gasteiger partial charge in [-0.2, -0.15) is 10.4 Å². The van der Waals surface area contributed by atoms with Crippen LogP contribution < -0.4 is 0 Å². The number of hydrogen-bond donors (Lipinski definition) is 0. The van der Waals surface area contributed by atoms with Crippen molar-refractivity contribution in [2.75, 3.05) is 0 Å². The third-order valence-corrected chi connectivity index (χ3v) is 1.76. The van der Waals surface area contributed by atoms with Crippen molar-refractivity contribution in [3.05, 3.63) is 48.3 Å². The zero-order valence-electron chi connectivity index (χ0n) is 6.88. The van der Waals surface area contributed by atoms with Gasteiger partial charge in [0.1, 0.15) is 11.8 Å². The van der Waals surface area contributed by atoms with Crippen LogP contribution in [0.3, 0.4) is 0 Å². The highest BCUT2D eigenvalue weighted by molar-refractivity contribution is 5.35. The van der Waals surface area contributed by atoms with Crippen molar-refractivity contribution < 1.29 is 0 Å². The summed E-state index contributed by atoms with van der Waals surface area (Å²) in [5, 5.41) is 12.8. The molecule has 0 atom stereocenters. The smallest absolute Gasteiger partial charge is 0.144 e. The number of nitriles is 1. The Morgan fingerprint density at radius 3 is 2.62 bits per heavy atom. The number of hydrogen-bond acceptors (Lipinski definition) is 2. The number of nitrogens with zero attached hydrogens (tertiary/aromatic N) is 3. The third kappa shape index (κ3) is 1.30. The first-order valence-corrected chi connectivity index (χ1v) is 3.91. The first-order chi connectivity index (χ1) is 6.42. The molecule has 0 fully saturated rings. The van der Waals surface area contributed by atoms with Gasteiger partial charge in [-0.3, -0.25) is 0 Å². The number of para-hydroxylation sites is 1. The molecule has 0 radical (unpaired) electrons. The van der Waals surface area contributed by atoms with E-state index in [0.29, 0.717) is 5.69 Å². The third-order valence-electron chi connectivity index (χ3n) is 1.76. The molecule has 0 bridgehead atoms. The maximum absolute atomic E-state index is 8.76. The molecule has 1 aromatic heterocycles. The number of benzene rings is 1. The van der Waals surface area contributed by atoms with Crippen molar-refractivity contribution in [3.63, 3.8) is 0 Å². The van der Waals surface area contributed by atoms with Crippen molar-refractivity contribution >= 4 is 0 Å². The molecule has 0 saturated carbocycles. The zero-order chi connectivity index (χ0) is 9.10. The number of aromatic nitrogens is 2. The average molecular weight is 169 g/mol. The molecule has 2 aromatic rings. The summed E-state index contributed by atoms with van der Waals surface area (Å²) in [7, 11) is 0. The molecule has 62 valence electrons. The van der Waals surface area contributed by atoms with Crippen molar-refractivity contribution in [3.8, 4) is 11.8 Å². The van der Waals surface area contributed by atoms with Gasteiger partial charge >= 0.3 is 0 Å². The second kappa shape index (κ2) is 3.11. The largest absolute Gasteiger partial charge is 0.223 e. The van der Waals surface area contributed by atoms with E-state index in [9.17, 15) is 0 Å². The van der Waals surface area contributed by atoms with E-state index in [0.717, 1.165) is 5.69 Å². The molecule has 0 N–H and O–H groups in total. The Kier molecular flexibility index (Phi) is 1.81. The van der Waals surface area contributed by atoms with Crippen LogP contribution in [0.5, 0.6) is 0 Å². The summed E-state index contributed by atoms with van der Waals surface area (Å²) < 4.78 is 1.61. The molecule has 3 heteroatoms. The Bertz CT molecular complexity index is 437. The first kappa shape index (κ1) is 7.56. The van der Waals surface area contributed by atoms with Crippen molar-refractivity contribution in [2.24, 2.45) is 0 Å². The SMILES string of the molecule is N#Cc1ccnn1-c1ccccc1. The van der Waals surface area contributed by atoms with Crippen molar-refractivity contribution in [1.82, 2.24) is 9.78 Å². The minimum atomic E-state index is 0.547. The highest BCUT2D eigenvalue weighted by Crippen LogP contribution is 2.08. The highest BCUT2D eigenvalue weighted by Gasteiger charge is 2.01. The monoisotopic (exact) mass is 169 g/mol. The summed E-state index contributed by atoms with van der Waals surface area (Å²) in [6, 6.07) is 13.3. The Labute approximate surface area is 75.9 Å². The van der Waals surface area contributed by atoms with Crippen LogP contribution in [-0.4, -0.2) is 9.78 Å². The van der Waals surface area contributed by atoms with Gasteiger partial charge in [-0.25, -0.2) is 4.68 Å². The summed E-state index contributed by atoms with van der Waals surface area (Å²) in [6.45, 7) is 0. The van der Waals surface area contributed by atoms with Crippen LogP contribution in [0.2, 0.25) is 0 Å². The predicted octanol–water partition coefficient (Wildman–Crippen LogP) is 1.74. The fourth-order valence-corrected chi connectivity index (χ4v) is 1.16. The minimum Gasteiger partial charge on any atom is -0.223 e. The van der Waals surface area contributed by atoms with E-state index in [1.807, 2.05) is 30.3 Å². The second-order valence-corrected chi connectivity index (χ2v) is 2.58. The lowest BCUT2D eigenvalue weighted by Gasteiger charge is -2.00. The maximum Gasteiger partial charge on any atom is 0.144 e. The molecule has 0 saturated heterocycles. The molecule has 0 unspecified atom stereocenters. The van der Waals surface area contributed by atoms with Crippen molar-refractivity contribution in [2.45, 2.75) is 0 Å². The lowest BCUT2D eigenvalue weighted by atomic mass is 10.3. The minimum absolute atomic E-state index is 0.547. The van der Waals surface area contributed by atoms with E-state index in [4.69, 9.17) is 5.26 Å². The molecule has 0 spiro atoms. The molecule has 0 aliphatic heterocycles. The summed E-state index contributed by atoms with van der Waals surface area (Å²) in [4.78, 5) is 0. The van der Waals surface area contributed by atoms with Gasteiger partial charge in [-0.15, -0.1) is 0 Å². The Hall–Kier alpha value is -2.08. The Morgan fingerprint density at radius 1 is 1.15 bits per heavy atom. The van der Waals surface area contributed by atoms with Crippen molar-refractivity contribution in [1.29, 1.82) is 5.26 Å². The second-order valence-electron chi connectivity index (χ2n) is 2.58. The summed E-state index contributed by atoms with van der Waals surface area (Å²) >= 11 is 0. The zero-order valence-corrected chi connectivity index (χ0v) is 6.88. The van der Waals surface area contributed by atoms with E-state index >= 15 is 0 Å². The lowest BCUT2D eigenvalue weighted by Crippen LogP contribution is -1.98. The van der Waals surface area contributed by atoms with E-state index in [-0.39, 0.29) is 0 Å². The Morgan fingerprint density at radius 2 is 1.92 bits per heavy atom. The maximum atomic E-state index is 8.76. The van der Waals surface area contributed by atoms with Gasteiger partial charge in [0.2, 0.25) is 0 Å². The van der Waals surface area contributed by atoms with Crippen LogP contribution in [0, 0.1) is 11.3 Å². The van der Waals surface area contributed by atoms with Crippen LogP contribution in [0.4, 0.5) is 0 Å². The summed E-state index contributed by atoms with van der Waals surface area (Å²) in [5.41, 5.74) is 1.45. The van der Waals surface area contributed by atoms with E-state index in [1.165, 1.54) is 0 Å². The van der Waals surface area contributed by atoms with Crippen LogP contribution in [0.25, 0.3) is 5.69 Å². The molecule has 13 heavy (non-hydrogen) atoms. The van der Waals surface area contributed by atoms with Crippen LogP contribution in [0.15, 0.2) is 42.6 Å². The predicted molar refractivity (Wildman–Crippen MR) is 48.3 cm³/mol. The molecule has 1 heterocycles. The van der Waals surface area contributed by atoms with Crippen LogP contribution >= 0.6 is 0 Å². The fourth-order valence-electron chi connectivity index (χ4n) is 1.16. The fraction of sp³-hybridized carbons (Fsp3) is 0. The van der Waals surface area contributed by atoms with Gasteiger partial charge in [-0.1, -0.05) is 18.2 Å². The van der Waals surface area contributed by atoms with Crippen LogP contribution in [0.1, 0.15) is 5.69 Å². The highest BCUT2D eigenvalue weighted by atomic mass is 15.3. The van der Waals surface area contributed by atoms with E-state index < -0.39 is 0 Å². The summed E-state index contributed by atoms with van der Waals surface area (Å²) in [6.07, 6.45) is 1.62. The number of rotatable bonds is 1. The van der Waals surface area contributed by atoms with Gasteiger partial charge < -0.3 is 0 Å². The summed E-state index contributed by atoms with van der Waals surface area (Å²) in [5.74, 6) is 0. The normalized spacial score (nSPS) is 9.46. The molecule has 0 amide bonds. The first-order valence-electron chi connectivity index (χ1n) is 3.91. The molecule has 1 aromatic carbocycles. The standard InChI is InChI=1S/C10H7N3/c11-8-10-6-7-12-13(10)9-4-2-1-3-5-9/h1-7H. The van der Waals surface area contributed by atoms with E-state index in [1.54, 1.807) is 16.9 Å². The lowest BCUT2D eigenvalue weighted by molar-refractivity contribution is 0.866. The molecular formula is C10H7N3. The van der Waals surface area contributed by atoms with E-state index in [2.05, 4.69) is 11.2 Å². The molecule has 0 aliphatic rings. The molecule has 0 aliphatic carbocycles. The average Bonchev–Trinajstić information content (AvgIpc) is 2.67. The molecule has 3 nitrogen and oxygen atoms in total. The van der Waals surface area contributed by atoms with Gasteiger partial charge in [-0.05, 0) is 18.2 Å². The van der Waals surface area contributed by atoms with Gasteiger partial charge in [0.25, 0.3) is 0 Å². The quantitative estimate of drug-likeness (QED) is 0.652. The molecule has 2 rings (SSSR count). The Balaban J connectivity index is 2.54. The van der Waals surface area contributed by atoms with Gasteiger partial charge in [0.15, 0.2) is 0 Å².